The molecule has 19 heavy (non-hydrogen) atoms. The molecule has 0 aromatic heterocycles. The van der Waals surface area contributed by atoms with Crippen LogP contribution in [0.5, 0.6) is 0 Å². The van der Waals surface area contributed by atoms with Crippen LogP contribution in [0, 0.1) is 5.92 Å². The van der Waals surface area contributed by atoms with E-state index in [1.54, 1.807) is 12.1 Å². The largest absolute Gasteiger partial charge is 0.481 e. The zero-order valence-electron chi connectivity index (χ0n) is 10.5. The normalized spacial score (nSPS) is 19.9. The maximum absolute atomic E-state index is 11.9. The Morgan fingerprint density at radius 2 is 2.11 bits per heavy atom. The van der Waals surface area contributed by atoms with Gasteiger partial charge in [-0.05, 0) is 25.0 Å². The number of ether oxygens (including phenoxy) is 1. The minimum Gasteiger partial charge on any atom is -0.481 e. The molecule has 1 saturated heterocycles. The quantitative estimate of drug-likeness (QED) is 0.850. The molecule has 1 aromatic carbocycles. The molecule has 5 nitrogen and oxygen atoms in total. The first-order valence-corrected chi connectivity index (χ1v) is 6.36. The van der Waals surface area contributed by atoms with Gasteiger partial charge in [0.25, 0.3) is 0 Å². The maximum Gasteiger partial charge on any atom is 0.309 e. The van der Waals surface area contributed by atoms with Crippen LogP contribution in [-0.4, -0.2) is 29.7 Å². The summed E-state index contributed by atoms with van der Waals surface area (Å²) in [5.74, 6) is -2.05. The molecule has 0 spiro atoms. The molecular weight excluding hydrogens is 246 g/mol. The lowest BCUT2D eigenvalue weighted by atomic mass is 9.96. The van der Waals surface area contributed by atoms with E-state index in [-0.39, 0.29) is 18.4 Å². The Hall–Kier alpha value is -1.88. The summed E-state index contributed by atoms with van der Waals surface area (Å²) in [6, 6.07) is 9.00. The number of rotatable bonds is 5. The molecule has 0 unspecified atom stereocenters. The third-order valence-electron chi connectivity index (χ3n) is 3.19. The topological polar surface area (TPSA) is 75.6 Å². The van der Waals surface area contributed by atoms with Crippen LogP contribution in [0.1, 0.15) is 19.3 Å². The lowest BCUT2D eigenvalue weighted by Crippen LogP contribution is -2.31. The van der Waals surface area contributed by atoms with E-state index in [2.05, 4.69) is 5.32 Å². The predicted octanol–water partition coefficient (Wildman–Crippen LogP) is 1.90. The van der Waals surface area contributed by atoms with Crippen LogP contribution in [0.2, 0.25) is 0 Å². The van der Waals surface area contributed by atoms with Crippen molar-refractivity contribution in [2.24, 2.45) is 5.92 Å². The number of hydrogen-bond donors (Lipinski definition) is 2. The summed E-state index contributed by atoms with van der Waals surface area (Å²) in [7, 11) is 0. The second kappa shape index (κ2) is 6.33. The highest BCUT2D eigenvalue weighted by Gasteiger charge is 2.33. The van der Waals surface area contributed by atoms with Crippen molar-refractivity contribution in [3.8, 4) is 0 Å². The predicted molar refractivity (Wildman–Crippen MR) is 69.8 cm³/mol. The SMILES string of the molecule is O=C(C[C@H](C(=O)O)[C@H]1CCCO1)Nc1ccccc1. The summed E-state index contributed by atoms with van der Waals surface area (Å²) < 4.78 is 5.37. The van der Waals surface area contributed by atoms with E-state index in [0.29, 0.717) is 18.7 Å². The van der Waals surface area contributed by atoms with E-state index in [1.807, 2.05) is 18.2 Å². The number of nitrogens with one attached hydrogen (secondary N) is 1. The van der Waals surface area contributed by atoms with Gasteiger partial charge in [0.2, 0.25) is 5.91 Å². The smallest absolute Gasteiger partial charge is 0.309 e. The molecular formula is C14H17NO4. The van der Waals surface area contributed by atoms with Crippen LogP contribution in [-0.2, 0) is 14.3 Å². The summed E-state index contributed by atoms with van der Waals surface area (Å²) >= 11 is 0. The fraction of sp³-hybridized carbons (Fsp3) is 0.429. The number of carbonyl (C=O) groups is 2. The maximum atomic E-state index is 11.9. The summed E-state index contributed by atoms with van der Waals surface area (Å²) in [5, 5.41) is 11.9. The molecule has 1 fully saturated rings. The van der Waals surface area contributed by atoms with E-state index in [0.717, 1.165) is 6.42 Å². The number of benzene rings is 1. The Bertz CT molecular complexity index is 440. The number of hydrogen-bond acceptors (Lipinski definition) is 3. The molecule has 5 heteroatoms. The van der Waals surface area contributed by atoms with Crippen LogP contribution < -0.4 is 5.32 Å². The number of anilines is 1. The minimum atomic E-state index is -0.977. The van der Waals surface area contributed by atoms with Crippen molar-refractivity contribution in [1.82, 2.24) is 0 Å². The van der Waals surface area contributed by atoms with Gasteiger partial charge in [0.1, 0.15) is 0 Å². The van der Waals surface area contributed by atoms with E-state index in [1.165, 1.54) is 0 Å². The van der Waals surface area contributed by atoms with Crippen molar-refractivity contribution in [2.75, 3.05) is 11.9 Å². The van der Waals surface area contributed by atoms with Gasteiger partial charge in [-0.1, -0.05) is 18.2 Å². The van der Waals surface area contributed by atoms with Crippen molar-refractivity contribution >= 4 is 17.6 Å². The number of carboxylic acid groups (broad SMARTS) is 1. The van der Waals surface area contributed by atoms with Gasteiger partial charge in [0, 0.05) is 18.7 Å². The number of para-hydroxylation sites is 1. The van der Waals surface area contributed by atoms with Crippen LogP contribution >= 0.6 is 0 Å². The van der Waals surface area contributed by atoms with Crippen molar-refractivity contribution in [3.63, 3.8) is 0 Å². The Balaban J connectivity index is 1.93. The molecule has 2 N–H and O–H groups in total. The van der Waals surface area contributed by atoms with Crippen molar-refractivity contribution in [1.29, 1.82) is 0 Å². The zero-order valence-corrected chi connectivity index (χ0v) is 10.5. The number of carbonyl (C=O) groups excluding carboxylic acids is 1. The molecule has 0 radical (unpaired) electrons. The van der Waals surface area contributed by atoms with Gasteiger partial charge in [-0.2, -0.15) is 0 Å². The molecule has 2 rings (SSSR count). The van der Waals surface area contributed by atoms with Gasteiger partial charge in [0.05, 0.1) is 12.0 Å². The summed E-state index contributed by atoms with van der Waals surface area (Å²) in [5.41, 5.74) is 0.670. The summed E-state index contributed by atoms with van der Waals surface area (Å²) in [6.45, 7) is 0.578. The van der Waals surface area contributed by atoms with E-state index < -0.39 is 11.9 Å². The first kappa shape index (κ1) is 13.5. The summed E-state index contributed by atoms with van der Waals surface area (Å²) in [6.07, 6.45) is 1.15. The van der Waals surface area contributed by atoms with Gasteiger partial charge < -0.3 is 15.2 Å². The van der Waals surface area contributed by atoms with Crippen LogP contribution in [0.15, 0.2) is 30.3 Å². The molecule has 0 bridgehead atoms. The van der Waals surface area contributed by atoms with Gasteiger partial charge >= 0.3 is 5.97 Å². The fourth-order valence-electron chi connectivity index (χ4n) is 2.23. The van der Waals surface area contributed by atoms with E-state index >= 15 is 0 Å². The van der Waals surface area contributed by atoms with E-state index in [9.17, 15) is 14.7 Å². The first-order chi connectivity index (χ1) is 9.16. The second-order valence-electron chi connectivity index (χ2n) is 4.61. The molecule has 1 amide bonds. The van der Waals surface area contributed by atoms with E-state index in [4.69, 9.17) is 4.74 Å². The zero-order chi connectivity index (χ0) is 13.7. The van der Waals surface area contributed by atoms with Gasteiger partial charge in [-0.25, -0.2) is 0 Å². The Labute approximate surface area is 111 Å². The van der Waals surface area contributed by atoms with Crippen molar-refractivity contribution in [2.45, 2.75) is 25.4 Å². The van der Waals surface area contributed by atoms with Crippen molar-refractivity contribution < 1.29 is 19.4 Å². The molecule has 0 aliphatic carbocycles. The molecule has 0 saturated carbocycles. The fourth-order valence-corrected chi connectivity index (χ4v) is 2.23. The first-order valence-electron chi connectivity index (χ1n) is 6.36. The molecule has 2 atom stereocenters. The van der Waals surface area contributed by atoms with Gasteiger partial charge in [-0.15, -0.1) is 0 Å². The Morgan fingerprint density at radius 3 is 2.68 bits per heavy atom. The lowest BCUT2D eigenvalue weighted by molar-refractivity contribution is -0.148. The van der Waals surface area contributed by atoms with Crippen LogP contribution in [0.25, 0.3) is 0 Å². The third-order valence-corrected chi connectivity index (χ3v) is 3.19. The average Bonchev–Trinajstić information content (AvgIpc) is 2.90. The number of carboxylic acids is 1. The Kier molecular flexibility index (Phi) is 4.52. The monoisotopic (exact) mass is 263 g/mol. The lowest BCUT2D eigenvalue weighted by Gasteiger charge is -2.18. The molecule has 1 aliphatic heterocycles. The number of aliphatic carboxylic acids is 1. The average molecular weight is 263 g/mol. The van der Waals surface area contributed by atoms with Crippen LogP contribution in [0.3, 0.4) is 0 Å². The second-order valence-corrected chi connectivity index (χ2v) is 4.61. The number of amides is 1. The highest BCUT2D eigenvalue weighted by Crippen LogP contribution is 2.23. The van der Waals surface area contributed by atoms with Gasteiger partial charge in [0.15, 0.2) is 0 Å². The van der Waals surface area contributed by atoms with Crippen molar-refractivity contribution in [3.05, 3.63) is 30.3 Å². The molecule has 1 aromatic rings. The van der Waals surface area contributed by atoms with Gasteiger partial charge in [-0.3, -0.25) is 9.59 Å². The molecule has 1 aliphatic rings. The highest BCUT2D eigenvalue weighted by atomic mass is 16.5. The molecule has 102 valence electrons. The minimum absolute atomic E-state index is 0.0606. The third kappa shape index (κ3) is 3.79. The van der Waals surface area contributed by atoms with Crippen LogP contribution in [0.4, 0.5) is 5.69 Å². The molecule has 1 heterocycles. The Morgan fingerprint density at radius 1 is 1.37 bits per heavy atom. The summed E-state index contributed by atoms with van der Waals surface area (Å²) in [4.78, 5) is 23.1. The highest BCUT2D eigenvalue weighted by molar-refractivity contribution is 5.93. The standard InChI is InChI=1S/C14H17NO4/c16-13(15-10-5-2-1-3-6-10)9-11(14(17)18)12-7-4-8-19-12/h1-3,5-6,11-12H,4,7-9H2,(H,15,16)(H,17,18)/t11-,12+/m0/s1.